The van der Waals surface area contributed by atoms with Crippen molar-refractivity contribution < 1.29 is 0 Å². The molecule has 0 heterocycles. The molecule has 0 N–H and O–H groups in total. The molecular weight excluding hydrogens is 507 g/mol. The number of hydrogen-bond acceptors (Lipinski definition) is 0. The molecule has 0 aromatic heterocycles. The van der Waals surface area contributed by atoms with Crippen LogP contribution in [0.5, 0.6) is 0 Å². The SMILES string of the molecule is C[Si](C)(C)[Si]([Si](C)(C)C)[Si](C)(C)[Si]([Si](C)(C)C)[Si](C)(C)C.[CH3][Sn][CH3]. The minimum absolute atomic E-state index is 0.0840. The van der Waals surface area contributed by atoms with Crippen LogP contribution in [-0.2, 0) is 0 Å². The molecule has 24 heavy (non-hydrogen) atoms. The summed E-state index contributed by atoms with van der Waals surface area (Å²) in [5.74, 6) is 0. The van der Waals surface area contributed by atoms with E-state index in [-0.39, 0.29) is 35.8 Å². The third kappa shape index (κ3) is 9.00. The molecule has 0 saturated carbocycles. The molecule has 0 spiro atoms. The van der Waals surface area contributed by atoms with Crippen molar-refractivity contribution in [2.24, 2.45) is 0 Å². The molecule has 4 radical (unpaired) electrons. The summed E-state index contributed by atoms with van der Waals surface area (Å²) in [6.07, 6.45) is 0. The first kappa shape index (κ1) is 28.5. The second-order valence-corrected chi connectivity index (χ2v) is 82.5. The van der Waals surface area contributed by atoms with Gasteiger partial charge in [0.25, 0.3) is 0 Å². The van der Waals surface area contributed by atoms with E-state index in [0.717, 1.165) is 0 Å². The summed E-state index contributed by atoms with van der Waals surface area (Å²) in [7, 11) is -5.15. The average molecular weight is 556 g/mol. The van der Waals surface area contributed by atoms with Gasteiger partial charge in [-0.1, -0.05) is 91.7 Å². The Kier molecular flexibility index (Phi) is 11.5. The average Bonchev–Trinajstić information content (AvgIpc) is 2.03. The second kappa shape index (κ2) is 9.68. The second-order valence-electron chi connectivity index (χ2n) is 11.9. The van der Waals surface area contributed by atoms with E-state index in [1.54, 1.807) is 0 Å². The summed E-state index contributed by atoms with van der Waals surface area (Å²) in [4.78, 5) is 4.59. The fourth-order valence-corrected chi connectivity index (χ4v) is 233. The molecule has 0 bridgehead atoms. The first-order valence-electron chi connectivity index (χ1n) is 9.50. The summed E-state index contributed by atoms with van der Waals surface area (Å²) in [5.41, 5.74) is 0. The van der Waals surface area contributed by atoms with Gasteiger partial charge in [0.15, 0.2) is 0 Å². The summed E-state index contributed by atoms with van der Waals surface area (Å²) >= 11 is 0.230. The van der Waals surface area contributed by atoms with Crippen molar-refractivity contribution in [1.29, 1.82) is 0 Å². The zero-order chi connectivity index (χ0) is 20.4. The minimum atomic E-state index is -1.05. The third-order valence-electron chi connectivity index (χ3n) is 4.25. The predicted octanol–water partition coefficient (Wildman–Crippen LogP) is 6.29. The fraction of sp³-hybridized carbons (Fsp3) is 1.00. The van der Waals surface area contributed by atoms with E-state index in [1.807, 2.05) is 0 Å². The van der Waals surface area contributed by atoms with Gasteiger partial charge >= 0.3 is 31.0 Å². The molecule has 0 aliphatic heterocycles. The Morgan fingerprint density at radius 1 is 0.417 bits per heavy atom. The van der Waals surface area contributed by atoms with E-state index >= 15 is 0 Å². The standard InChI is InChI=1S/C14H42Si7.2CH3.Sn/c1-17(2,3)15(18(4,5)6)21(13,14)16(19(7,8)9)20(10,11)12;;;/h1-14H3;2*1H3;. The van der Waals surface area contributed by atoms with Crippen molar-refractivity contribution >= 4 is 73.3 Å². The molecule has 0 nitrogen and oxygen atoms in total. The maximum absolute atomic E-state index is 2.89. The quantitative estimate of drug-likeness (QED) is 0.338. The van der Waals surface area contributed by atoms with Crippen molar-refractivity contribution in [3.05, 3.63) is 0 Å². The van der Waals surface area contributed by atoms with Crippen molar-refractivity contribution in [2.75, 3.05) is 0 Å². The van der Waals surface area contributed by atoms with Crippen LogP contribution in [0.4, 0.5) is 0 Å². The van der Waals surface area contributed by atoms with Crippen molar-refractivity contribution in [3.8, 4) is 0 Å². The molecular formula is C16H48Si7Sn. The van der Waals surface area contributed by atoms with Gasteiger partial charge in [0, 0.05) is 52.2 Å². The van der Waals surface area contributed by atoms with Crippen LogP contribution in [0.25, 0.3) is 0 Å². The van der Waals surface area contributed by atoms with Crippen LogP contribution in [0.1, 0.15) is 0 Å². The van der Waals surface area contributed by atoms with E-state index in [1.165, 1.54) is 0 Å². The molecule has 0 aromatic carbocycles. The molecule has 0 aliphatic rings. The van der Waals surface area contributed by atoms with Crippen molar-refractivity contribution in [2.45, 2.75) is 102 Å². The monoisotopic (exact) mass is 556 g/mol. The molecule has 0 aliphatic carbocycles. The number of hydrogen-bond donors (Lipinski definition) is 0. The Labute approximate surface area is 173 Å². The molecule has 0 rings (SSSR count). The third-order valence-corrected chi connectivity index (χ3v) is 128. The van der Waals surface area contributed by atoms with Gasteiger partial charge in [0.2, 0.25) is 0 Å². The van der Waals surface area contributed by atoms with E-state index in [2.05, 4.69) is 102 Å². The van der Waals surface area contributed by atoms with Gasteiger partial charge in [0.1, 0.15) is 0 Å². The molecule has 0 aromatic rings. The van der Waals surface area contributed by atoms with Gasteiger partial charge in [-0.2, -0.15) is 0 Å². The van der Waals surface area contributed by atoms with Gasteiger partial charge in [-0.05, 0) is 0 Å². The summed E-state index contributed by atoms with van der Waals surface area (Å²) in [6.45, 7) is 38.5. The summed E-state index contributed by atoms with van der Waals surface area (Å²) in [5, 5.41) is 0. The van der Waals surface area contributed by atoms with Crippen LogP contribution in [0, 0.1) is 0 Å². The van der Waals surface area contributed by atoms with Gasteiger partial charge in [-0.3, -0.25) is 0 Å². The van der Waals surface area contributed by atoms with E-state index in [9.17, 15) is 0 Å². The Morgan fingerprint density at radius 3 is 0.625 bits per heavy atom. The first-order chi connectivity index (χ1) is 10.1. The fourth-order valence-electron chi connectivity index (χ4n) is 6.12. The molecule has 8 heteroatoms. The van der Waals surface area contributed by atoms with Crippen molar-refractivity contribution in [3.63, 3.8) is 0 Å². The van der Waals surface area contributed by atoms with E-state index in [0.29, 0.717) is 0 Å². The summed E-state index contributed by atoms with van der Waals surface area (Å²) < 4.78 is 0. The molecule has 0 amide bonds. The van der Waals surface area contributed by atoms with Gasteiger partial charge in [0.05, 0.1) is 0 Å². The Hall–Kier alpha value is 2.32. The zero-order valence-electron chi connectivity index (χ0n) is 20.0. The zero-order valence-corrected chi connectivity index (χ0v) is 29.9. The molecule has 0 unspecified atom stereocenters. The Balaban J connectivity index is 0. The van der Waals surface area contributed by atoms with Crippen LogP contribution < -0.4 is 0 Å². The summed E-state index contributed by atoms with van der Waals surface area (Å²) in [6, 6.07) is 0. The van der Waals surface area contributed by atoms with Crippen LogP contribution in [0.2, 0.25) is 102 Å². The van der Waals surface area contributed by atoms with Crippen LogP contribution in [0.15, 0.2) is 0 Å². The predicted molar refractivity (Wildman–Crippen MR) is 140 cm³/mol. The molecule has 0 fully saturated rings. The first-order valence-corrected chi connectivity index (χ1v) is 41.2. The topological polar surface area (TPSA) is 0 Å². The van der Waals surface area contributed by atoms with Crippen LogP contribution in [-0.4, -0.2) is 73.3 Å². The van der Waals surface area contributed by atoms with Gasteiger partial charge < -0.3 is 0 Å². The number of rotatable bonds is 6. The van der Waals surface area contributed by atoms with E-state index in [4.69, 9.17) is 0 Å². The van der Waals surface area contributed by atoms with Crippen LogP contribution in [0.3, 0.4) is 0 Å². The van der Waals surface area contributed by atoms with Crippen LogP contribution >= 0.6 is 0 Å². The molecule has 0 saturated heterocycles. The van der Waals surface area contributed by atoms with Gasteiger partial charge in [-0.15, -0.1) is 0 Å². The molecule has 144 valence electrons. The van der Waals surface area contributed by atoms with Gasteiger partial charge in [-0.25, -0.2) is 0 Å². The maximum atomic E-state index is 2.89. The Morgan fingerprint density at radius 2 is 0.542 bits per heavy atom. The normalized spacial score (nSPS) is 14.8. The van der Waals surface area contributed by atoms with Crippen molar-refractivity contribution in [1.82, 2.24) is 0 Å². The molecule has 0 atom stereocenters. The van der Waals surface area contributed by atoms with E-state index < -0.39 is 37.5 Å². The Bertz CT molecular complexity index is 308.